The van der Waals surface area contributed by atoms with Crippen LogP contribution in [-0.2, 0) is 4.74 Å². The Morgan fingerprint density at radius 3 is 2.70 bits per heavy atom. The quantitative estimate of drug-likeness (QED) is 0.803. The molecule has 2 aliphatic rings. The lowest BCUT2D eigenvalue weighted by molar-refractivity contribution is 0.0713. The predicted molar refractivity (Wildman–Crippen MR) is 81.9 cm³/mol. The van der Waals surface area contributed by atoms with Crippen molar-refractivity contribution in [3.63, 3.8) is 0 Å². The Bertz CT molecular complexity index is 308. The summed E-state index contributed by atoms with van der Waals surface area (Å²) < 4.78 is 5.70. The van der Waals surface area contributed by atoms with Gasteiger partial charge in [0.1, 0.15) is 0 Å². The molecule has 3 unspecified atom stereocenters. The van der Waals surface area contributed by atoms with E-state index in [1.54, 1.807) is 0 Å². The molecule has 2 fully saturated rings. The standard InChI is InChI=1S/C16H32N2O2/c1-13-5-7-18(14(13)9-19)11-16(6-8-20-12-16)10-17-15(2,3)4/h13-14,17,19H,5-12H2,1-4H3. The molecule has 0 saturated carbocycles. The SMILES string of the molecule is CC1CCN(CC2(CNC(C)(C)C)CCOC2)C1CO. The molecule has 4 nitrogen and oxygen atoms in total. The first-order chi connectivity index (χ1) is 9.35. The van der Waals surface area contributed by atoms with Gasteiger partial charge in [0, 0.05) is 36.7 Å². The van der Waals surface area contributed by atoms with E-state index in [0.29, 0.717) is 12.0 Å². The molecule has 0 spiro atoms. The van der Waals surface area contributed by atoms with Gasteiger partial charge in [-0.1, -0.05) is 6.92 Å². The number of hydrogen-bond donors (Lipinski definition) is 2. The van der Waals surface area contributed by atoms with E-state index in [2.05, 4.69) is 37.9 Å². The van der Waals surface area contributed by atoms with E-state index < -0.39 is 0 Å². The van der Waals surface area contributed by atoms with Gasteiger partial charge in [0.15, 0.2) is 0 Å². The molecular formula is C16H32N2O2. The second-order valence-corrected chi connectivity index (χ2v) is 7.89. The van der Waals surface area contributed by atoms with Gasteiger partial charge in [-0.2, -0.15) is 0 Å². The molecule has 2 N–H and O–H groups in total. The maximum atomic E-state index is 9.64. The van der Waals surface area contributed by atoms with Crippen molar-refractivity contribution in [1.82, 2.24) is 10.2 Å². The lowest BCUT2D eigenvalue weighted by atomic mass is 9.85. The molecule has 2 heterocycles. The van der Waals surface area contributed by atoms with Crippen molar-refractivity contribution in [2.24, 2.45) is 11.3 Å². The first kappa shape index (κ1) is 16.2. The van der Waals surface area contributed by atoms with Crippen molar-refractivity contribution in [3.8, 4) is 0 Å². The van der Waals surface area contributed by atoms with Crippen molar-refractivity contribution >= 4 is 0 Å². The maximum Gasteiger partial charge on any atom is 0.0589 e. The first-order valence-corrected chi connectivity index (χ1v) is 8.03. The average Bonchev–Trinajstić information content (AvgIpc) is 2.95. The van der Waals surface area contributed by atoms with E-state index in [0.717, 1.165) is 39.3 Å². The van der Waals surface area contributed by atoms with Gasteiger partial charge in [-0.3, -0.25) is 4.90 Å². The average molecular weight is 284 g/mol. The summed E-state index contributed by atoms with van der Waals surface area (Å²) in [4.78, 5) is 2.49. The number of likely N-dealkylation sites (tertiary alicyclic amines) is 1. The summed E-state index contributed by atoms with van der Waals surface area (Å²) in [6, 6.07) is 0.335. The minimum atomic E-state index is 0.143. The highest BCUT2D eigenvalue weighted by Crippen LogP contribution is 2.33. The third-order valence-corrected chi connectivity index (χ3v) is 4.90. The van der Waals surface area contributed by atoms with Crippen LogP contribution >= 0.6 is 0 Å². The van der Waals surface area contributed by atoms with Crippen LogP contribution in [0.3, 0.4) is 0 Å². The summed E-state index contributed by atoms with van der Waals surface area (Å²) in [6.45, 7) is 14.1. The number of ether oxygens (including phenoxy) is 1. The molecule has 0 amide bonds. The molecular weight excluding hydrogens is 252 g/mol. The highest BCUT2D eigenvalue weighted by molar-refractivity contribution is 4.94. The Morgan fingerprint density at radius 2 is 2.15 bits per heavy atom. The van der Waals surface area contributed by atoms with Crippen LogP contribution in [0, 0.1) is 11.3 Å². The molecule has 0 bridgehead atoms. The molecule has 3 atom stereocenters. The van der Waals surface area contributed by atoms with E-state index in [9.17, 15) is 5.11 Å². The minimum Gasteiger partial charge on any atom is -0.395 e. The van der Waals surface area contributed by atoms with Crippen LogP contribution in [-0.4, -0.2) is 61.0 Å². The van der Waals surface area contributed by atoms with Gasteiger partial charge in [0.25, 0.3) is 0 Å². The molecule has 2 aliphatic heterocycles. The Labute approximate surface area is 123 Å². The lowest BCUT2D eigenvalue weighted by Crippen LogP contribution is -2.51. The number of nitrogens with zero attached hydrogens (tertiary/aromatic N) is 1. The zero-order valence-corrected chi connectivity index (χ0v) is 13.6. The predicted octanol–water partition coefficient (Wildman–Crippen LogP) is 1.48. The fourth-order valence-electron chi connectivity index (χ4n) is 3.43. The number of nitrogens with one attached hydrogen (secondary N) is 1. The van der Waals surface area contributed by atoms with Gasteiger partial charge >= 0.3 is 0 Å². The molecule has 0 aromatic carbocycles. The second kappa shape index (κ2) is 6.30. The van der Waals surface area contributed by atoms with Crippen LogP contribution in [0.2, 0.25) is 0 Å². The van der Waals surface area contributed by atoms with Crippen molar-refractivity contribution in [1.29, 1.82) is 0 Å². The van der Waals surface area contributed by atoms with Gasteiger partial charge < -0.3 is 15.2 Å². The van der Waals surface area contributed by atoms with Crippen LogP contribution in [0.1, 0.15) is 40.5 Å². The Kier molecular flexibility index (Phi) is 5.11. The third-order valence-electron chi connectivity index (χ3n) is 4.90. The van der Waals surface area contributed by atoms with Gasteiger partial charge in [-0.15, -0.1) is 0 Å². The minimum absolute atomic E-state index is 0.143. The Balaban J connectivity index is 1.98. The molecule has 118 valence electrons. The highest BCUT2D eigenvalue weighted by atomic mass is 16.5. The largest absolute Gasteiger partial charge is 0.395 e. The summed E-state index contributed by atoms with van der Waals surface area (Å²) >= 11 is 0. The third kappa shape index (κ3) is 3.94. The number of aliphatic hydroxyl groups excluding tert-OH is 1. The van der Waals surface area contributed by atoms with E-state index >= 15 is 0 Å². The van der Waals surface area contributed by atoms with Crippen molar-refractivity contribution in [3.05, 3.63) is 0 Å². The summed E-state index contributed by atoms with van der Waals surface area (Å²) in [6.07, 6.45) is 2.33. The maximum absolute atomic E-state index is 9.64. The van der Waals surface area contributed by atoms with E-state index in [1.165, 1.54) is 6.42 Å². The molecule has 2 rings (SSSR count). The highest BCUT2D eigenvalue weighted by Gasteiger charge is 2.41. The van der Waals surface area contributed by atoms with Gasteiger partial charge in [-0.25, -0.2) is 0 Å². The summed E-state index contributed by atoms with van der Waals surface area (Å²) in [7, 11) is 0. The Morgan fingerprint density at radius 1 is 1.40 bits per heavy atom. The van der Waals surface area contributed by atoms with E-state index in [1.807, 2.05) is 0 Å². The van der Waals surface area contributed by atoms with Crippen LogP contribution in [0.25, 0.3) is 0 Å². The van der Waals surface area contributed by atoms with Gasteiger partial charge in [-0.05, 0) is 46.1 Å². The zero-order valence-electron chi connectivity index (χ0n) is 13.6. The molecule has 0 aliphatic carbocycles. The number of aliphatic hydroxyl groups is 1. The van der Waals surface area contributed by atoms with Gasteiger partial charge in [0.2, 0.25) is 0 Å². The van der Waals surface area contributed by atoms with Crippen LogP contribution in [0.5, 0.6) is 0 Å². The van der Waals surface area contributed by atoms with E-state index in [-0.39, 0.29) is 17.6 Å². The summed E-state index contributed by atoms with van der Waals surface area (Å²) in [5.41, 5.74) is 0.356. The van der Waals surface area contributed by atoms with Crippen molar-refractivity contribution in [2.45, 2.75) is 52.1 Å². The zero-order chi connectivity index (χ0) is 14.8. The Hall–Kier alpha value is -0.160. The summed E-state index contributed by atoms with van der Waals surface area (Å²) in [5.74, 6) is 0.606. The molecule has 4 heteroatoms. The summed E-state index contributed by atoms with van der Waals surface area (Å²) in [5, 5.41) is 13.3. The smallest absolute Gasteiger partial charge is 0.0589 e. The molecule has 0 aromatic rings. The molecule has 2 saturated heterocycles. The van der Waals surface area contributed by atoms with Crippen molar-refractivity contribution < 1.29 is 9.84 Å². The number of rotatable bonds is 5. The fourth-order valence-corrected chi connectivity index (χ4v) is 3.43. The van der Waals surface area contributed by atoms with Crippen LogP contribution in [0.4, 0.5) is 0 Å². The van der Waals surface area contributed by atoms with Gasteiger partial charge in [0.05, 0.1) is 13.2 Å². The lowest BCUT2D eigenvalue weighted by Gasteiger charge is -2.37. The first-order valence-electron chi connectivity index (χ1n) is 8.03. The monoisotopic (exact) mass is 284 g/mol. The van der Waals surface area contributed by atoms with E-state index in [4.69, 9.17) is 4.74 Å². The number of hydrogen-bond acceptors (Lipinski definition) is 4. The van der Waals surface area contributed by atoms with Crippen molar-refractivity contribution in [2.75, 3.05) is 39.5 Å². The molecule has 20 heavy (non-hydrogen) atoms. The fraction of sp³-hybridized carbons (Fsp3) is 1.00. The topological polar surface area (TPSA) is 44.7 Å². The second-order valence-electron chi connectivity index (χ2n) is 7.89. The van der Waals surface area contributed by atoms with Crippen LogP contribution in [0.15, 0.2) is 0 Å². The van der Waals surface area contributed by atoms with Crippen LogP contribution < -0.4 is 5.32 Å². The normalized spacial score (nSPS) is 35.9. The molecule has 0 radical (unpaired) electrons. The molecule has 0 aromatic heterocycles.